The third kappa shape index (κ3) is 3.33. The summed E-state index contributed by atoms with van der Waals surface area (Å²) < 4.78 is 13.4. The minimum atomic E-state index is -0.401. The molecule has 2 aromatic carbocycles. The fourth-order valence-corrected chi connectivity index (χ4v) is 2.30. The molecule has 0 fully saturated rings. The predicted molar refractivity (Wildman–Crippen MR) is 78.2 cm³/mol. The van der Waals surface area contributed by atoms with Gasteiger partial charge in [0, 0.05) is 15.2 Å². The molecule has 2 aromatic rings. The third-order valence-electron chi connectivity index (χ3n) is 2.62. The average Bonchev–Trinajstić information content (AvgIpc) is 2.33. The van der Waals surface area contributed by atoms with E-state index < -0.39 is 5.82 Å². The van der Waals surface area contributed by atoms with Gasteiger partial charge >= 0.3 is 0 Å². The van der Waals surface area contributed by atoms with Crippen molar-refractivity contribution in [1.82, 2.24) is 0 Å². The van der Waals surface area contributed by atoms with E-state index in [2.05, 4.69) is 21.2 Å². The number of nitrogens with one attached hydrogen (secondary N) is 1. The van der Waals surface area contributed by atoms with Crippen LogP contribution in [0, 0.1) is 12.7 Å². The van der Waals surface area contributed by atoms with Crippen LogP contribution >= 0.6 is 27.5 Å². The molecule has 0 aliphatic rings. The van der Waals surface area contributed by atoms with E-state index in [1.807, 2.05) is 13.0 Å². The van der Waals surface area contributed by atoms with Crippen molar-refractivity contribution in [3.8, 4) is 0 Å². The van der Waals surface area contributed by atoms with E-state index in [4.69, 9.17) is 11.6 Å². The number of carbonyl (C=O) groups excluding carboxylic acids is 1. The van der Waals surface area contributed by atoms with Crippen LogP contribution in [0.3, 0.4) is 0 Å². The lowest BCUT2D eigenvalue weighted by Crippen LogP contribution is -2.13. The van der Waals surface area contributed by atoms with E-state index in [1.54, 1.807) is 12.1 Å². The van der Waals surface area contributed by atoms with Crippen molar-refractivity contribution in [2.24, 2.45) is 0 Å². The van der Waals surface area contributed by atoms with Gasteiger partial charge in [-0.25, -0.2) is 4.39 Å². The molecule has 1 amide bonds. The van der Waals surface area contributed by atoms with Crippen LogP contribution in [0.2, 0.25) is 5.02 Å². The molecule has 0 spiro atoms. The van der Waals surface area contributed by atoms with E-state index in [0.29, 0.717) is 20.7 Å². The number of hydrogen-bond acceptors (Lipinski definition) is 1. The first kappa shape index (κ1) is 14.0. The Hall–Kier alpha value is -1.39. The molecule has 2 nitrogen and oxygen atoms in total. The van der Waals surface area contributed by atoms with Crippen LogP contribution in [0.4, 0.5) is 10.1 Å². The second kappa shape index (κ2) is 5.72. The predicted octanol–water partition coefficient (Wildman–Crippen LogP) is 4.80. The normalized spacial score (nSPS) is 10.3. The molecule has 0 heterocycles. The maximum Gasteiger partial charge on any atom is 0.256 e. The van der Waals surface area contributed by atoms with Gasteiger partial charge in [-0.05, 0) is 58.7 Å². The molecular formula is C14H10BrClFNO. The van der Waals surface area contributed by atoms with Gasteiger partial charge in [0.2, 0.25) is 0 Å². The third-order valence-corrected chi connectivity index (χ3v) is 3.51. The number of hydrogen-bond donors (Lipinski definition) is 1. The Morgan fingerprint density at radius 3 is 2.68 bits per heavy atom. The van der Waals surface area contributed by atoms with Crippen LogP contribution in [0.15, 0.2) is 40.9 Å². The van der Waals surface area contributed by atoms with Gasteiger partial charge in [-0.3, -0.25) is 4.79 Å². The summed E-state index contributed by atoms with van der Waals surface area (Å²) in [5.41, 5.74) is 1.89. The second-order valence-electron chi connectivity index (χ2n) is 4.04. The molecule has 0 aliphatic heterocycles. The highest BCUT2D eigenvalue weighted by Gasteiger charge is 2.12. The lowest BCUT2D eigenvalue weighted by atomic mass is 10.1. The topological polar surface area (TPSA) is 29.1 Å². The van der Waals surface area contributed by atoms with Crippen molar-refractivity contribution in [2.45, 2.75) is 6.92 Å². The highest BCUT2D eigenvalue weighted by molar-refractivity contribution is 9.10. The molecule has 19 heavy (non-hydrogen) atoms. The van der Waals surface area contributed by atoms with E-state index in [-0.39, 0.29) is 5.91 Å². The Labute approximate surface area is 123 Å². The molecule has 0 radical (unpaired) electrons. The number of halogens is 3. The smallest absolute Gasteiger partial charge is 0.256 e. The van der Waals surface area contributed by atoms with Gasteiger partial charge < -0.3 is 5.32 Å². The highest BCUT2D eigenvalue weighted by atomic mass is 79.9. The van der Waals surface area contributed by atoms with Gasteiger partial charge in [-0.15, -0.1) is 0 Å². The van der Waals surface area contributed by atoms with E-state index in [1.165, 1.54) is 18.2 Å². The van der Waals surface area contributed by atoms with Crippen molar-refractivity contribution in [3.63, 3.8) is 0 Å². The summed E-state index contributed by atoms with van der Waals surface area (Å²) in [5, 5.41) is 3.29. The molecule has 0 aromatic heterocycles. The molecule has 0 saturated heterocycles. The van der Waals surface area contributed by atoms with Gasteiger partial charge in [0.05, 0.1) is 5.56 Å². The first-order chi connectivity index (χ1) is 8.97. The number of aryl methyl sites for hydroxylation is 1. The quantitative estimate of drug-likeness (QED) is 0.834. The van der Waals surface area contributed by atoms with Gasteiger partial charge in [-0.1, -0.05) is 17.7 Å². The summed E-state index contributed by atoms with van der Waals surface area (Å²) >= 11 is 9.06. The monoisotopic (exact) mass is 341 g/mol. The molecule has 2 rings (SSSR count). The zero-order chi connectivity index (χ0) is 14.0. The Morgan fingerprint density at radius 1 is 1.26 bits per heavy atom. The molecule has 98 valence electrons. The Morgan fingerprint density at radius 2 is 2.00 bits per heavy atom. The number of amides is 1. The maximum absolute atomic E-state index is 13.0. The molecule has 1 N–H and O–H groups in total. The molecule has 5 heteroatoms. The van der Waals surface area contributed by atoms with Gasteiger partial charge in [0.15, 0.2) is 0 Å². The molecule has 0 unspecified atom stereocenters. The summed E-state index contributed by atoms with van der Waals surface area (Å²) in [4.78, 5) is 12.1. The molecule has 0 saturated carbocycles. The van der Waals surface area contributed by atoms with Crippen LogP contribution in [0.5, 0.6) is 0 Å². The number of rotatable bonds is 2. The maximum atomic E-state index is 13.0. The minimum absolute atomic E-state index is 0.322. The fourth-order valence-electron chi connectivity index (χ4n) is 1.59. The SMILES string of the molecule is Cc1ccc(Cl)cc1NC(=O)c1ccc(F)cc1Br. The van der Waals surface area contributed by atoms with Crippen LogP contribution < -0.4 is 5.32 Å². The first-order valence-electron chi connectivity index (χ1n) is 5.50. The fraction of sp³-hybridized carbons (Fsp3) is 0.0714. The van der Waals surface area contributed by atoms with Gasteiger partial charge in [0.25, 0.3) is 5.91 Å². The summed E-state index contributed by atoms with van der Waals surface area (Å²) in [6.45, 7) is 1.87. The van der Waals surface area contributed by atoms with E-state index in [0.717, 1.165) is 5.56 Å². The number of carbonyl (C=O) groups is 1. The summed E-state index contributed by atoms with van der Waals surface area (Å²) in [6.07, 6.45) is 0. The summed E-state index contributed by atoms with van der Waals surface area (Å²) in [5.74, 6) is -0.723. The van der Waals surface area contributed by atoms with E-state index >= 15 is 0 Å². The van der Waals surface area contributed by atoms with Gasteiger partial charge in [0.1, 0.15) is 5.82 Å². The highest BCUT2D eigenvalue weighted by Crippen LogP contribution is 2.23. The van der Waals surface area contributed by atoms with Crippen LogP contribution in [0.1, 0.15) is 15.9 Å². The molecule has 0 bridgehead atoms. The molecule has 0 aliphatic carbocycles. The first-order valence-corrected chi connectivity index (χ1v) is 6.67. The van der Waals surface area contributed by atoms with Crippen molar-refractivity contribution in [2.75, 3.05) is 5.32 Å². The van der Waals surface area contributed by atoms with Crippen LogP contribution in [-0.4, -0.2) is 5.91 Å². The van der Waals surface area contributed by atoms with Crippen LogP contribution in [0.25, 0.3) is 0 Å². The zero-order valence-corrected chi connectivity index (χ0v) is 12.3. The largest absolute Gasteiger partial charge is 0.322 e. The van der Waals surface area contributed by atoms with Gasteiger partial charge in [-0.2, -0.15) is 0 Å². The zero-order valence-electron chi connectivity index (χ0n) is 10.0. The summed E-state index contributed by atoms with van der Waals surface area (Å²) in [6, 6.07) is 9.16. The van der Waals surface area contributed by atoms with Crippen molar-refractivity contribution in [1.29, 1.82) is 0 Å². The van der Waals surface area contributed by atoms with Crippen molar-refractivity contribution >= 4 is 39.1 Å². The number of anilines is 1. The minimum Gasteiger partial charge on any atom is -0.322 e. The Bertz CT molecular complexity index is 645. The van der Waals surface area contributed by atoms with Crippen molar-refractivity contribution < 1.29 is 9.18 Å². The molecule has 0 atom stereocenters. The van der Waals surface area contributed by atoms with Crippen LogP contribution in [-0.2, 0) is 0 Å². The second-order valence-corrected chi connectivity index (χ2v) is 5.33. The molecular weight excluding hydrogens is 333 g/mol. The van der Waals surface area contributed by atoms with E-state index in [9.17, 15) is 9.18 Å². The number of benzene rings is 2. The summed E-state index contributed by atoms with van der Waals surface area (Å²) in [7, 11) is 0. The lowest BCUT2D eigenvalue weighted by Gasteiger charge is -2.10. The van der Waals surface area contributed by atoms with Crippen molar-refractivity contribution in [3.05, 3.63) is 62.8 Å². The lowest BCUT2D eigenvalue weighted by molar-refractivity contribution is 0.102. The Kier molecular flexibility index (Phi) is 4.22. The average molecular weight is 343 g/mol. The standard InChI is InChI=1S/C14H10BrClFNO/c1-8-2-3-9(16)6-13(8)18-14(19)11-5-4-10(17)7-12(11)15/h2-7H,1H3,(H,18,19). The Balaban J connectivity index is 2.28.